The monoisotopic (exact) mass is 281 g/mol. The fourth-order valence-corrected chi connectivity index (χ4v) is 2.09. The molecule has 1 heterocycles. The highest BCUT2D eigenvalue weighted by atomic mass is 35.5. The van der Waals surface area contributed by atoms with Crippen molar-refractivity contribution in [3.8, 4) is 0 Å². The van der Waals surface area contributed by atoms with Crippen LogP contribution < -0.4 is 5.32 Å². The van der Waals surface area contributed by atoms with Crippen LogP contribution in [0.25, 0.3) is 0 Å². The van der Waals surface area contributed by atoms with Gasteiger partial charge in [-0.3, -0.25) is 4.79 Å². The smallest absolute Gasteiger partial charge is 0.291 e. The topological polar surface area (TPSA) is 42.2 Å². The number of carbonyl (C=O) groups is 1. The van der Waals surface area contributed by atoms with Gasteiger partial charge in [0.05, 0.1) is 16.5 Å². The summed E-state index contributed by atoms with van der Waals surface area (Å²) in [4.78, 5) is 11.9. The summed E-state index contributed by atoms with van der Waals surface area (Å²) >= 11 is 7.60. The van der Waals surface area contributed by atoms with Crippen molar-refractivity contribution >= 4 is 35.0 Å². The molecule has 1 N–H and O–H groups in total. The number of benzene rings is 1. The van der Waals surface area contributed by atoms with Gasteiger partial charge in [0.1, 0.15) is 5.76 Å². The standard InChI is InChI=1S/C13H12ClNO2S/c1-18-8-9-6-7-12(17-9)13(16)15-11-5-3-2-4-10(11)14/h2-7H,8H2,1H3,(H,15,16). The number of amides is 1. The highest BCUT2D eigenvalue weighted by Crippen LogP contribution is 2.22. The van der Waals surface area contributed by atoms with Crippen molar-refractivity contribution in [2.24, 2.45) is 0 Å². The first-order chi connectivity index (χ1) is 8.70. The van der Waals surface area contributed by atoms with Crippen LogP contribution >= 0.6 is 23.4 Å². The van der Waals surface area contributed by atoms with Gasteiger partial charge in [-0.25, -0.2) is 0 Å². The first-order valence-corrected chi connectivity index (χ1v) is 7.11. The second kappa shape index (κ2) is 5.98. The lowest BCUT2D eigenvalue weighted by molar-refractivity contribution is 0.0995. The molecule has 2 aromatic rings. The molecule has 0 fully saturated rings. The number of nitrogens with one attached hydrogen (secondary N) is 1. The molecule has 2 rings (SSSR count). The van der Waals surface area contributed by atoms with Crippen LogP contribution in [0.15, 0.2) is 40.8 Å². The zero-order chi connectivity index (χ0) is 13.0. The molecule has 1 aromatic heterocycles. The Morgan fingerprint density at radius 3 is 2.83 bits per heavy atom. The van der Waals surface area contributed by atoms with Crippen LogP contribution in [-0.2, 0) is 5.75 Å². The number of hydrogen-bond donors (Lipinski definition) is 1. The number of carbonyl (C=O) groups excluding carboxylic acids is 1. The number of anilines is 1. The van der Waals surface area contributed by atoms with Gasteiger partial charge in [0.15, 0.2) is 5.76 Å². The van der Waals surface area contributed by atoms with E-state index in [0.29, 0.717) is 16.5 Å². The van der Waals surface area contributed by atoms with E-state index in [9.17, 15) is 4.79 Å². The van der Waals surface area contributed by atoms with Crippen molar-refractivity contribution < 1.29 is 9.21 Å². The van der Waals surface area contributed by atoms with E-state index in [-0.39, 0.29) is 5.91 Å². The van der Waals surface area contributed by atoms with Crippen molar-refractivity contribution in [2.75, 3.05) is 11.6 Å². The van der Waals surface area contributed by atoms with Gasteiger partial charge in [0.25, 0.3) is 5.91 Å². The summed E-state index contributed by atoms with van der Waals surface area (Å²) in [5.74, 6) is 1.53. The maximum absolute atomic E-state index is 11.9. The maximum Gasteiger partial charge on any atom is 0.291 e. The Hall–Kier alpha value is -1.39. The summed E-state index contributed by atoms with van der Waals surface area (Å²) in [6, 6.07) is 10.5. The Morgan fingerprint density at radius 2 is 2.11 bits per heavy atom. The molecule has 0 radical (unpaired) electrons. The molecule has 0 unspecified atom stereocenters. The minimum atomic E-state index is -0.296. The minimum absolute atomic E-state index is 0.291. The second-order valence-corrected chi connectivity index (χ2v) is 4.91. The Balaban J connectivity index is 2.10. The number of rotatable bonds is 4. The van der Waals surface area contributed by atoms with Crippen molar-refractivity contribution in [1.82, 2.24) is 0 Å². The van der Waals surface area contributed by atoms with Crippen LogP contribution in [0.4, 0.5) is 5.69 Å². The lowest BCUT2D eigenvalue weighted by Crippen LogP contribution is -2.11. The van der Waals surface area contributed by atoms with Gasteiger partial charge < -0.3 is 9.73 Å². The fraction of sp³-hybridized carbons (Fsp3) is 0.154. The molecule has 3 nitrogen and oxygen atoms in total. The molecule has 18 heavy (non-hydrogen) atoms. The molecule has 0 saturated carbocycles. The van der Waals surface area contributed by atoms with Gasteiger partial charge in [0, 0.05) is 0 Å². The average Bonchev–Trinajstić information content (AvgIpc) is 2.81. The Kier molecular flexibility index (Phi) is 4.33. The summed E-state index contributed by atoms with van der Waals surface area (Å²) in [5, 5.41) is 3.21. The largest absolute Gasteiger partial charge is 0.455 e. The van der Waals surface area contributed by atoms with Gasteiger partial charge in [-0.15, -0.1) is 0 Å². The predicted octanol–water partition coefficient (Wildman–Crippen LogP) is 4.05. The van der Waals surface area contributed by atoms with Crippen LogP contribution in [0.5, 0.6) is 0 Å². The third kappa shape index (κ3) is 3.09. The maximum atomic E-state index is 11.9. The predicted molar refractivity (Wildman–Crippen MR) is 75.3 cm³/mol. The van der Waals surface area contributed by atoms with Crippen molar-refractivity contribution in [3.63, 3.8) is 0 Å². The van der Waals surface area contributed by atoms with Gasteiger partial charge in [-0.2, -0.15) is 11.8 Å². The van der Waals surface area contributed by atoms with E-state index in [4.69, 9.17) is 16.0 Å². The van der Waals surface area contributed by atoms with Crippen LogP contribution in [0.2, 0.25) is 5.02 Å². The van der Waals surface area contributed by atoms with Gasteiger partial charge in [-0.05, 0) is 30.5 Å². The molecule has 94 valence electrons. The van der Waals surface area contributed by atoms with Crippen molar-refractivity contribution in [3.05, 3.63) is 52.9 Å². The van der Waals surface area contributed by atoms with Crippen LogP contribution in [0, 0.1) is 0 Å². The van der Waals surface area contributed by atoms with Gasteiger partial charge in [-0.1, -0.05) is 23.7 Å². The van der Waals surface area contributed by atoms with E-state index in [1.165, 1.54) is 0 Å². The lowest BCUT2D eigenvalue weighted by Gasteiger charge is -2.04. The quantitative estimate of drug-likeness (QED) is 0.919. The Bertz CT molecular complexity index is 553. The number of halogens is 1. The van der Waals surface area contributed by atoms with Gasteiger partial charge in [0.2, 0.25) is 0 Å². The zero-order valence-electron chi connectivity index (χ0n) is 9.77. The third-order valence-electron chi connectivity index (χ3n) is 2.29. The molecular weight excluding hydrogens is 270 g/mol. The molecule has 5 heteroatoms. The van der Waals surface area contributed by atoms with Crippen LogP contribution in [0.3, 0.4) is 0 Å². The van der Waals surface area contributed by atoms with Crippen LogP contribution in [0.1, 0.15) is 16.3 Å². The molecule has 0 aliphatic carbocycles. The molecule has 1 aromatic carbocycles. The first-order valence-electron chi connectivity index (χ1n) is 5.34. The number of furan rings is 1. The average molecular weight is 282 g/mol. The number of thioether (sulfide) groups is 1. The second-order valence-electron chi connectivity index (χ2n) is 3.63. The van der Waals surface area contributed by atoms with Gasteiger partial charge >= 0.3 is 0 Å². The fourth-order valence-electron chi connectivity index (χ4n) is 1.47. The molecule has 0 saturated heterocycles. The summed E-state index contributed by atoms with van der Waals surface area (Å²) in [6.07, 6.45) is 1.98. The summed E-state index contributed by atoms with van der Waals surface area (Å²) in [7, 11) is 0. The van der Waals surface area contributed by atoms with Crippen molar-refractivity contribution in [1.29, 1.82) is 0 Å². The number of hydrogen-bond acceptors (Lipinski definition) is 3. The zero-order valence-corrected chi connectivity index (χ0v) is 11.3. The normalized spacial score (nSPS) is 10.3. The van der Waals surface area contributed by atoms with E-state index in [2.05, 4.69) is 5.32 Å². The summed E-state index contributed by atoms with van der Waals surface area (Å²) in [5.41, 5.74) is 0.576. The lowest BCUT2D eigenvalue weighted by atomic mass is 10.3. The SMILES string of the molecule is CSCc1ccc(C(=O)Nc2ccccc2Cl)o1. The molecule has 0 aliphatic heterocycles. The van der Waals surface area contributed by atoms with Crippen molar-refractivity contribution in [2.45, 2.75) is 5.75 Å². The highest BCUT2D eigenvalue weighted by Gasteiger charge is 2.12. The summed E-state index contributed by atoms with van der Waals surface area (Å²) in [6.45, 7) is 0. The molecule has 0 spiro atoms. The minimum Gasteiger partial charge on any atom is -0.455 e. The molecule has 0 bridgehead atoms. The molecule has 0 atom stereocenters. The van der Waals surface area contributed by atoms with E-state index >= 15 is 0 Å². The van der Waals surface area contributed by atoms with Crippen LogP contribution in [-0.4, -0.2) is 12.2 Å². The highest BCUT2D eigenvalue weighted by molar-refractivity contribution is 7.97. The van der Waals surface area contributed by atoms with E-state index < -0.39 is 0 Å². The Morgan fingerprint density at radius 1 is 1.33 bits per heavy atom. The first kappa shape index (κ1) is 13.1. The molecule has 1 amide bonds. The third-order valence-corrected chi connectivity index (χ3v) is 3.20. The van der Waals surface area contributed by atoms with E-state index in [1.807, 2.05) is 18.4 Å². The summed E-state index contributed by atoms with van der Waals surface area (Å²) < 4.78 is 5.42. The van der Waals surface area contributed by atoms with E-state index in [0.717, 1.165) is 11.5 Å². The molecular formula is C13H12ClNO2S. The Labute approximate surface area is 115 Å². The molecule has 0 aliphatic rings. The number of para-hydroxylation sites is 1. The van der Waals surface area contributed by atoms with E-state index in [1.54, 1.807) is 36.0 Å².